The Morgan fingerprint density at radius 2 is 2.21 bits per heavy atom. The van der Waals surface area contributed by atoms with Gasteiger partial charge in [-0.05, 0) is 20.8 Å². The molecule has 1 aliphatic heterocycles. The zero-order chi connectivity index (χ0) is 14.2. The summed E-state index contributed by atoms with van der Waals surface area (Å²) in [6.07, 6.45) is -0.139. The third-order valence-corrected chi connectivity index (χ3v) is 3.88. The van der Waals surface area contributed by atoms with Gasteiger partial charge >= 0.3 is 0 Å². The first-order valence-corrected chi connectivity index (χ1v) is 6.89. The molecule has 0 aromatic carbocycles. The van der Waals surface area contributed by atoms with Crippen LogP contribution < -0.4 is 0 Å². The fourth-order valence-corrected chi connectivity index (χ4v) is 2.94. The van der Waals surface area contributed by atoms with Gasteiger partial charge in [0.1, 0.15) is 5.15 Å². The fourth-order valence-electron chi connectivity index (χ4n) is 2.71. The summed E-state index contributed by atoms with van der Waals surface area (Å²) < 4.78 is 7.51. The molecule has 1 aromatic heterocycles. The molecule has 5 nitrogen and oxygen atoms in total. The van der Waals surface area contributed by atoms with Gasteiger partial charge in [0.25, 0.3) is 0 Å². The molecule has 2 rings (SSSR count). The van der Waals surface area contributed by atoms with Crippen LogP contribution in [-0.4, -0.2) is 51.2 Å². The Bertz CT molecular complexity index is 459. The summed E-state index contributed by atoms with van der Waals surface area (Å²) in [5, 5.41) is 14.3. The Labute approximate surface area is 119 Å². The Hall–Kier alpha value is -0.620. The molecule has 1 aromatic rings. The molecule has 1 unspecified atom stereocenters. The molecule has 0 spiro atoms. The Balaban J connectivity index is 2.14. The van der Waals surface area contributed by atoms with Crippen LogP contribution in [0.5, 0.6) is 0 Å². The molecule has 1 aliphatic rings. The maximum absolute atomic E-state index is 9.33. The molecule has 0 amide bonds. The van der Waals surface area contributed by atoms with Crippen molar-refractivity contribution in [2.45, 2.75) is 39.0 Å². The van der Waals surface area contributed by atoms with Gasteiger partial charge in [0.15, 0.2) is 0 Å². The van der Waals surface area contributed by atoms with E-state index in [-0.39, 0.29) is 18.3 Å². The van der Waals surface area contributed by atoms with Gasteiger partial charge in [-0.3, -0.25) is 9.58 Å². The van der Waals surface area contributed by atoms with Gasteiger partial charge in [-0.1, -0.05) is 11.6 Å². The second kappa shape index (κ2) is 5.40. The lowest BCUT2D eigenvalue weighted by molar-refractivity contribution is -0.150. The number of aliphatic hydroxyl groups is 1. The monoisotopic (exact) mass is 287 g/mol. The Morgan fingerprint density at radius 1 is 1.53 bits per heavy atom. The number of aryl methyl sites for hydroxylation is 2. The van der Waals surface area contributed by atoms with Gasteiger partial charge in [-0.25, -0.2) is 0 Å². The van der Waals surface area contributed by atoms with Gasteiger partial charge in [0, 0.05) is 32.2 Å². The molecule has 2 heterocycles. The van der Waals surface area contributed by atoms with Crippen molar-refractivity contribution in [1.82, 2.24) is 14.7 Å². The van der Waals surface area contributed by atoms with Crippen molar-refractivity contribution in [3.8, 4) is 0 Å². The highest BCUT2D eigenvalue weighted by molar-refractivity contribution is 6.30. The normalized spacial score (nSPS) is 23.8. The maximum Gasteiger partial charge on any atom is 0.131 e. The van der Waals surface area contributed by atoms with Crippen molar-refractivity contribution in [2.24, 2.45) is 7.05 Å². The third-order valence-electron chi connectivity index (χ3n) is 3.41. The first-order chi connectivity index (χ1) is 8.82. The van der Waals surface area contributed by atoms with E-state index in [4.69, 9.17) is 16.3 Å². The minimum absolute atomic E-state index is 0.0414. The molecule has 0 aliphatic carbocycles. The topological polar surface area (TPSA) is 50.5 Å². The van der Waals surface area contributed by atoms with E-state index in [0.717, 1.165) is 24.3 Å². The van der Waals surface area contributed by atoms with Crippen LogP contribution in [0.4, 0.5) is 0 Å². The molecule has 0 saturated carbocycles. The van der Waals surface area contributed by atoms with E-state index in [1.165, 1.54) is 0 Å². The molecule has 19 heavy (non-hydrogen) atoms. The molecule has 1 fully saturated rings. The minimum atomic E-state index is -0.256. The average Bonchev–Trinajstić information content (AvgIpc) is 2.54. The fraction of sp³-hybridized carbons (Fsp3) is 0.769. The second-order valence-electron chi connectivity index (χ2n) is 5.83. The maximum atomic E-state index is 9.33. The number of nitrogens with zero attached hydrogens (tertiary/aromatic N) is 3. The van der Waals surface area contributed by atoms with Crippen LogP contribution in [0.1, 0.15) is 25.1 Å². The predicted molar refractivity (Wildman–Crippen MR) is 74.3 cm³/mol. The van der Waals surface area contributed by atoms with Gasteiger partial charge < -0.3 is 9.84 Å². The van der Waals surface area contributed by atoms with E-state index in [0.29, 0.717) is 11.7 Å². The van der Waals surface area contributed by atoms with Crippen molar-refractivity contribution in [2.75, 3.05) is 19.7 Å². The highest BCUT2D eigenvalue weighted by Crippen LogP contribution is 2.25. The molecular formula is C13H22ClN3O2. The van der Waals surface area contributed by atoms with Crippen molar-refractivity contribution in [3.05, 3.63) is 16.4 Å². The number of hydrogen-bond acceptors (Lipinski definition) is 4. The SMILES string of the molecule is Cc1nn(C)c(Cl)c1CN1CC(CO)OC(C)(C)C1. The predicted octanol–water partition coefficient (Wildman–Crippen LogP) is 1.35. The van der Waals surface area contributed by atoms with Crippen LogP contribution in [0.15, 0.2) is 0 Å². The molecule has 0 bridgehead atoms. The van der Waals surface area contributed by atoms with Crippen LogP contribution in [0, 0.1) is 6.92 Å². The van der Waals surface area contributed by atoms with Crippen molar-refractivity contribution >= 4 is 11.6 Å². The standard InChI is InChI=1S/C13H22ClN3O2/c1-9-11(12(14)16(4)15-9)6-17-5-10(7-18)19-13(2,3)8-17/h10,18H,5-8H2,1-4H3. The number of morpholine rings is 1. The van der Waals surface area contributed by atoms with E-state index in [1.54, 1.807) is 4.68 Å². The summed E-state index contributed by atoms with van der Waals surface area (Å²) in [6.45, 7) is 8.36. The number of rotatable bonds is 3. The lowest BCUT2D eigenvalue weighted by Crippen LogP contribution is -2.53. The zero-order valence-electron chi connectivity index (χ0n) is 12.0. The summed E-state index contributed by atoms with van der Waals surface area (Å²) in [5.41, 5.74) is 1.75. The molecule has 1 N–H and O–H groups in total. The minimum Gasteiger partial charge on any atom is -0.394 e. The van der Waals surface area contributed by atoms with E-state index in [9.17, 15) is 5.11 Å². The zero-order valence-corrected chi connectivity index (χ0v) is 12.7. The van der Waals surface area contributed by atoms with Crippen molar-refractivity contribution < 1.29 is 9.84 Å². The summed E-state index contributed by atoms with van der Waals surface area (Å²) in [7, 11) is 1.85. The smallest absolute Gasteiger partial charge is 0.131 e. The van der Waals surface area contributed by atoms with E-state index < -0.39 is 0 Å². The van der Waals surface area contributed by atoms with Crippen LogP contribution in [0.25, 0.3) is 0 Å². The van der Waals surface area contributed by atoms with Gasteiger partial charge in [-0.15, -0.1) is 0 Å². The molecule has 1 saturated heterocycles. The van der Waals surface area contributed by atoms with E-state index in [1.807, 2.05) is 27.8 Å². The largest absolute Gasteiger partial charge is 0.394 e. The second-order valence-corrected chi connectivity index (χ2v) is 6.19. The molecule has 6 heteroatoms. The molecule has 108 valence electrons. The van der Waals surface area contributed by atoms with Crippen molar-refractivity contribution in [3.63, 3.8) is 0 Å². The van der Waals surface area contributed by atoms with Crippen molar-refractivity contribution in [1.29, 1.82) is 0 Å². The lowest BCUT2D eigenvalue weighted by Gasteiger charge is -2.42. The van der Waals surface area contributed by atoms with Gasteiger partial charge in [-0.2, -0.15) is 5.10 Å². The average molecular weight is 288 g/mol. The Kier molecular flexibility index (Phi) is 4.20. The summed E-state index contributed by atoms with van der Waals surface area (Å²) in [4.78, 5) is 2.26. The lowest BCUT2D eigenvalue weighted by atomic mass is 10.0. The molecule has 0 radical (unpaired) electrons. The van der Waals surface area contributed by atoms with Gasteiger partial charge in [0.05, 0.1) is 24.0 Å². The van der Waals surface area contributed by atoms with Crippen LogP contribution in [0.3, 0.4) is 0 Å². The third kappa shape index (κ3) is 3.28. The van der Waals surface area contributed by atoms with E-state index in [2.05, 4.69) is 10.00 Å². The first-order valence-electron chi connectivity index (χ1n) is 6.51. The summed E-state index contributed by atoms with van der Waals surface area (Å²) in [5.74, 6) is 0. The number of aliphatic hydroxyl groups excluding tert-OH is 1. The summed E-state index contributed by atoms with van der Waals surface area (Å²) >= 11 is 6.27. The summed E-state index contributed by atoms with van der Waals surface area (Å²) in [6, 6.07) is 0. The van der Waals surface area contributed by atoms with Gasteiger partial charge in [0.2, 0.25) is 0 Å². The van der Waals surface area contributed by atoms with E-state index >= 15 is 0 Å². The number of ether oxygens (including phenoxy) is 1. The Morgan fingerprint density at radius 3 is 2.74 bits per heavy atom. The number of hydrogen-bond donors (Lipinski definition) is 1. The van der Waals surface area contributed by atoms with Crippen LogP contribution in [-0.2, 0) is 18.3 Å². The number of halogens is 1. The highest BCUT2D eigenvalue weighted by atomic mass is 35.5. The highest BCUT2D eigenvalue weighted by Gasteiger charge is 2.33. The quantitative estimate of drug-likeness (QED) is 0.912. The van der Waals surface area contributed by atoms with Crippen LogP contribution >= 0.6 is 11.6 Å². The van der Waals surface area contributed by atoms with Crippen LogP contribution in [0.2, 0.25) is 5.15 Å². The molecular weight excluding hydrogens is 266 g/mol. The first kappa shape index (κ1) is 14.8. The molecule has 1 atom stereocenters. The number of aromatic nitrogens is 2.